The summed E-state index contributed by atoms with van der Waals surface area (Å²) in [5.41, 5.74) is 2.06. The lowest BCUT2D eigenvalue weighted by Gasteiger charge is -2.05. The molecule has 3 aromatic rings. The summed E-state index contributed by atoms with van der Waals surface area (Å²) in [6, 6.07) is 10.5. The lowest BCUT2D eigenvalue weighted by Crippen LogP contribution is -2.22. The van der Waals surface area contributed by atoms with E-state index in [1.807, 2.05) is 24.3 Å². The summed E-state index contributed by atoms with van der Waals surface area (Å²) in [5, 5.41) is 2.61. The number of hydrogen-bond acceptors (Lipinski definition) is 4. The van der Waals surface area contributed by atoms with Crippen LogP contribution in [0.1, 0.15) is 16.1 Å². The Morgan fingerprint density at radius 2 is 2.04 bits per heavy atom. The molecule has 0 bridgehead atoms. The summed E-state index contributed by atoms with van der Waals surface area (Å²) in [6.07, 6.45) is 4.72. The van der Waals surface area contributed by atoms with E-state index in [1.165, 1.54) is 12.3 Å². The fourth-order valence-electron chi connectivity index (χ4n) is 2.09. The maximum atomic E-state index is 12.1. The Morgan fingerprint density at radius 3 is 2.70 bits per heavy atom. The smallest absolute Gasteiger partial charge is 0.262 e. The summed E-state index contributed by atoms with van der Waals surface area (Å²) >= 11 is 0. The maximum Gasteiger partial charge on any atom is 0.262 e. The molecule has 0 aliphatic carbocycles. The van der Waals surface area contributed by atoms with Crippen molar-refractivity contribution in [3.8, 4) is 11.3 Å². The van der Waals surface area contributed by atoms with Crippen LogP contribution >= 0.6 is 0 Å². The van der Waals surface area contributed by atoms with E-state index in [-0.39, 0.29) is 11.0 Å². The summed E-state index contributed by atoms with van der Waals surface area (Å²) in [4.78, 5) is 35.2. The van der Waals surface area contributed by atoms with Crippen LogP contribution < -0.4 is 10.7 Å². The molecule has 0 aromatic carbocycles. The van der Waals surface area contributed by atoms with Gasteiger partial charge in [0, 0.05) is 35.9 Å². The third-order valence-corrected chi connectivity index (χ3v) is 3.27. The van der Waals surface area contributed by atoms with Crippen molar-refractivity contribution in [3.63, 3.8) is 0 Å². The largest absolute Gasteiger partial charge is 0.364 e. The van der Waals surface area contributed by atoms with Crippen LogP contribution in [0.25, 0.3) is 11.3 Å². The molecule has 1 amide bonds. The monoisotopic (exact) mass is 306 g/mol. The van der Waals surface area contributed by atoms with Crippen molar-refractivity contribution in [3.05, 3.63) is 76.5 Å². The van der Waals surface area contributed by atoms with Crippen LogP contribution in [0.3, 0.4) is 0 Å². The number of amides is 1. The average molecular weight is 306 g/mol. The van der Waals surface area contributed by atoms with E-state index in [0.717, 1.165) is 11.3 Å². The van der Waals surface area contributed by atoms with Crippen molar-refractivity contribution < 1.29 is 4.79 Å². The molecule has 23 heavy (non-hydrogen) atoms. The van der Waals surface area contributed by atoms with E-state index < -0.39 is 5.91 Å². The van der Waals surface area contributed by atoms with Gasteiger partial charge in [-0.25, -0.2) is 4.98 Å². The normalized spacial score (nSPS) is 10.3. The molecule has 0 radical (unpaired) electrons. The molecule has 0 aliphatic heterocycles. The molecular weight excluding hydrogens is 292 g/mol. The Balaban J connectivity index is 1.78. The van der Waals surface area contributed by atoms with Gasteiger partial charge in [0.05, 0.1) is 5.69 Å². The molecule has 0 spiro atoms. The fourth-order valence-corrected chi connectivity index (χ4v) is 2.09. The first-order valence-corrected chi connectivity index (χ1v) is 7.01. The number of aryl methyl sites for hydroxylation is 1. The van der Waals surface area contributed by atoms with E-state index in [2.05, 4.69) is 20.3 Å². The molecule has 3 rings (SSSR count). The number of nitrogens with zero attached hydrogens (tertiary/aromatic N) is 2. The fraction of sp³-hybridized carbons (Fsp3) is 0.0588. The Bertz CT molecular complexity index is 886. The zero-order valence-corrected chi connectivity index (χ0v) is 12.4. The van der Waals surface area contributed by atoms with Crippen molar-refractivity contribution in [2.45, 2.75) is 6.92 Å². The molecule has 2 N–H and O–H groups in total. The molecule has 0 atom stereocenters. The Hall–Kier alpha value is -3.28. The van der Waals surface area contributed by atoms with Crippen LogP contribution in [-0.4, -0.2) is 20.9 Å². The summed E-state index contributed by atoms with van der Waals surface area (Å²) in [6.45, 7) is 1.75. The van der Waals surface area contributed by atoms with E-state index in [0.29, 0.717) is 11.5 Å². The SMILES string of the molecule is Cc1cc(=O)c(C(=O)Nc2ccc(-c3ccccn3)cn2)c[nH]1. The minimum absolute atomic E-state index is 0.0474. The highest BCUT2D eigenvalue weighted by molar-refractivity contribution is 6.03. The maximum absolute atomic E-state index is 12.1. The highest BCUT2D eigenvalue weighted by Gasteiger charge is 2.11. The zero-order chi connectivity index (χ0) is 16.2. The van der Waals surface area contributed by atoms with E-state index >= 15 is 0 Å². The number of carbonyl (C=O) groups is 1. The predicted octanol–water partition coefficient (Wildman–Crippen LogP) is 2.39. The van der Waals surface area contributed by atoms with Crippen LogP contribution in [0.15, 0.2) is 59.8 Å². The van der Waals surface area contributed by atoms with Gasteiger partial charge in [-0.2, -0.15) is 0 Å². The summed E-state index contributed by atoms with van der Waals surface area (Å²) in [7, 11) is 0. The number of aromatic amines is 1. The topological polar surface area (TPSA) is 87.7 Å². The second kappa shape index (κ2) is 6.23. The van der Waals surface area contributed by atoms with E-state index in [4.69, 9.17) is 0 Å². The molecule has 6 nitrogen and oxygen atoms in total. The van der Waals surface area contributed by atoms with E-state index in [1.54, 1.807) is 25.4 Å². The average Bonchev–Trinajstić information content (AvgIpc) is 2.56. The van der Waals surface area contributed by atoms with Crippen molar-refractivity contribution in [2.24, 2.45) is 0 Å². The molecule has 0 unspecified atom stereocenters. The predicted molar refractivity (Wildman–Crippen MR) is 87.2 cm³/mol. The number of H-pyrrole nitrogens is 1. The summed E-state index contributed by atoms with van der Waals surface area (Å²) < 4.78 is 0. The molecule has 0 saturated carbocycles. The van der Waals surface area contributed by atoms with Gasteiger partial charge in [-0.15, -0.1) is 0 Å². The van der Waals surface area contributed by atoms with Crippen LogP contribution in [0.2, 0.25) is 0 Å². The van der Waals surface area contributed by atoms with Gasteiger partial charge in [0.15, 0.2) is 5.43 Å². The molecule has 0 saturated heterocycles. The Labute approximate surface area is 132 Å². The van der Waals surface area contributed by atoms with Crippen LogP contribution in [-0.2, 0) is 0 Å². The minimum Gasteiger partial charge on any atom is -0.364 e. The van der Waals surface area contributed by atoms with Crippen LogP contribution in [0.5, 0.6) is 0 Å². The minimum atomic E-state index is -0.496. The van der Waals surface area contributed by atoms with Crippen LogP contribution in [0.4, 0.5) is 5.82 Å². The molecular formula is C17H14N4O2. The van der Waals surface area contributed by atoms with Gasteiger partial charge in [-0.1, -0.05) is 6.07 Å². The number of pyridine rings is 3. The second-order valence-electron chi connectivity index (χ2n) is 5.00. The second-order valence-corrected chi connectivity index (χ2v) is 5.00. The van der Waals surface area contributed by atoms with Gasteiger partial charge in [0.25, 0.3) is 5.91 Å². The van der Waals surface area contributed by atoms with Crippen molar-refractivity contribution >= 4 is 11.7 Å². The van der Waals surface area contributed by atoms with Crippen LogP contribution in [0, 0.1) is 6.92 Å². The first kappa shape index (κ1) is 14.6. The number of nitrogens with one attached hydrogen (secondary N) is 2. The number of aromatic nitrogens is 3. The molecule has 3 heterocycles. The highest BCUT2D eigenvalue weighted by Crippen LogP contribution is 2.16. The summed E-state index contributed by atoms with van der Waals surface area (Å²) in [5.74, 6) is -0.126. The third kappa shape index (κ3) is 3.32. The quantitative estimate of drug-likeness (QED) is 0.777. The standard InChI is InChI=1S/C17H14N4O2/c1-11-8-15(22)13(10-19-11)17(23)21-16-6-5-12(9-20-16)14-4-2-3-7-18-14/h2-10H,1H3,(H,19,22)(H,20,21,23). The number of anilines is 1. The number of carbonyl (C=O) groups excluding carboxylic acids is 1. The van der Waals surface area contributed by atoms with Crippen molar-refractivity contribution in [1.29, 1.82) is 0 Å². The van der Waals surface area contributed by atoms with Gasteiger partial charge in [-0.05, 0) is 31.2 Å². The molecule has 0 fully saturated rings. The van der Waals surface area contributed by atoms with Gasteiger partial charge in [-0.3, -0.25) is 14.6 Å². The zero-order valence-electron chi connectivity index (χ0n) is 12.4. The third-order valence-electron chi connectivity index (χ3n) is 3.27. The lowest BCUT2D eigenvalue weighted by molar-refractivity contribution is 0.102. The Morgan fingerprint density at radius 1 is 1.17 bits per heavy atom. The van der Waals surface area contributed by atoms with E-state index in [9.17, 15) is 9.59 Å². The van der Waals surface area contributed by atoms with Gasteiger partial charge in [0.2, 0.25) is 0 Å². The lowest BCUT2D eigenvalue weighted by atomic mass is 10.2. The number of hydrogen-bond donors (Lipinski definition) is 2. The molecule has 6 heteroatoms. The van der Waals surface area contributed by atoms with Gasteiger partial charge in [0.1, 0.15) is 11.4 Å². The van der Waals surface area contributed by atoms with Crippen molar-refractivity contribution in [1.82, 2.24) is 15.0 Å². The number of rotatable bonds is 3. The van der Waals surface area contributed by atoms with Gasteiger partial charge < -0.3 is 10.3 Å². The molecule has 3 aromatic heterocycles. The van der Waals surface area contributed by atoms with Gasteiger partial charge >= 0.3 is 0 Å². The Kier molecular flexibility index (Phi) is 3.97. The first-order valence-electron chi connectivity index (χ1n) is 7.01. The first-order chi connectivity index (χ1) is 11.1. The highest BCUT2D eigenvalue weighted by atomic mass is 16.2. The molecule has 114 valence electrons. The van der Waals surface area contributed by atoms with Crippen molar-refractivity contribution in [2.75, 3.05) is 5.32 Å². The molecule has 0 aliphatic rings.